The van der Waals surface area contributed by atoms with Gasteiger partial charge < -0.3 is 14.0 Å². The van der Waals surface area contributed by atoms with E-state index in [4.69, 9.17) is 9.47 Å². The predicted octanol–water partition coefficient (Wildman–Crippen LogP) is 5.05. The molecule has 0 unspecified atom stereocenters. The van der Waals surface area contributed by atoms with Crippen molar-refractivity contribution in [3.63, 3.8) is 0 Å². The van der Waals surface area contributed by atoms with Crippen molar-refractivity contribution in [3.05, 3.63) is 70.9 Å². The lowest BCUT2D eigenvalue weighted by Gasteiger charge is -2.12. The number of para-hydroxylation sites is 1. The Morgan fingerprint density at radius 3 is 2.70 bits per heavy atom. The van der Waals surface area contributed by atoms with Gasteiger partial charge in [-0.1, -0.05) is 42.0 Å². The summed E-state index contributed by atoms with van der Waals surface area (Å²) in [6, 6.07) is 16.1. The second-order valence-electron chi connectivity index (χ2n) is 6.74. The lowest BCUT2D eigenvalue weighted by atomic mass is 10.1. The SMILES string of the molecule is CCOC(=O)c1c(C=C2CC2)c2ccccc2n1Cc1cccc(OC)c1. The zero-order chi connectivity index (χ0) is 18.8. The van der Waals surface area contributed by atoms with E-state index in [1.54, 1.807) is 7.11 Å². The zero-order valence-electron chi connectivity index (χ0n) is 15.7. The molecule has 1 aromatic heterocycles. The Bertz CT molecular complexity index is 1020. The number of carbonyl (C=O) groups excluding carboxylic acids is 1. The highest BCUT2D eigenvalue weighted by Crippen LogP contribution is 2.36. The first kappa shape index (κ1) is 17.4. The van der Waals surface area contributed by atoms with Crippen LogP contribution < -0.4 is 4.74 Å². The number of fused-ring (bicyclic) bond motifs is 1. The molecule has 1 heterocycles. The molecule has 4 nitrogen and oxygen atoms in total. The first-order valence-electron chi connectivity index (χ1n) is 9.32. The fourth-order valence-electron chi connectivity index (χ4n) is 3.43. The maximum atomic E-state index is 12.9. The summed E-state index contributed by atoms with van der Waals surface area (Å²) in [7, 11) is 1.66. The van der Waals surface area contributed by atoms with Gasteiger partial charge in [0.25, 0.3) is 0 Å². The van der Waals surface area contributed by atoms with Gasteiger partial charge in [-0.25, -0.2) is 4.79 Å². The number of methoxy groups -OCH3 is 1. The monoisotopic (exact) mass is 361 g/mol. The van der Waals surface area contributed by atoms with Crippen LogP contribution in [0, 0.1) is 0 Å². The molecular formula is C23H23NO3. The molecule has 0 amide bonds. The fourth-order valence-corrected chi connectivity index (χ4v) is 3.43. The largest absolute Gasteiger partial charge is 0.497 e. The summed E-state index contributed by atoms with van der Waals surface area (Å²) >= 11 is 0. The molecule has 0 spiro atoms. The van der Waals surface area contributed by atoms with Crippen LogP contribution in [0.25, 0.3) is 17.0 Å². The molecule has 27 heavy (non-hydrogen) atoms. The Hall–Kier alpha value is -3.01. The number of aromatic nitrogens is 1. The van der Waals surface area contributed by atoms with Gasteiger partial charge in [-0.05, 0) is 43.5 Å². The third kappa shape index (κ3) is 3.47. The van der Waals surface area contributed by atoms with E-state index in [-0.39, 0.29) is 5.97 Å². The van der Waals surface area contributed by atoms with Crippen molar-refractivity contribution in [1.29, 1.82) is 0 Å². The van der Waals surface area contributed by atoms with Crippen molar-refractivity contribution in [2.75, 3.05) is 13.7 Å². The lowest BCUT2D eigenvalue weighted by Crippen LogP contribution is -2.14. The van der Waals surface area contributed by atoms with Crippen LogP contribution in [0.2, 0.25) is 0 Å². The maximum absolute atomic E-state index is 12.9. The second-order valence-corrected chi connectivity index (χ2v) is 6.74. The molecule has 4 heteroatoms. The van der Waals surface area contributed by atoms with Gasteiger partial charge in [0.05, 0.1) is 13.7 Å². The highest BCUT2D eigenvalue weighted by atomic mass is 16.5. The lowest BCUT2D eigenvalue weighted by molar-refractivity contribution is 0.0514. The Morgan fingerprint density at radius 1 is 1.15 bits per heavy atom. The number of nitrogens with zero attached hydrogens (tertiary/aromatic N) is 1. The summed E-state index contributed by atoms with van der Waals surface area (Å²) in [6.45, 7) is 2.77. The molecule has 4 rings (SSSR count). The molecule has 3 aromatic rings. The van der Waals surface area contributed by atoms with E-state index in [1.165, 1.54) is 5.57 Å². The molecule has 1 saturated carbocycles. The van der Waals surface area contributed by atoms with Crippen molar-refractivity contribution >= 4 is 22.9 Å². The first-order valence-corrected chi connectivity index (χ1v) is 9.32. The number of rotatable bonds is 6. The quantitative estimate of drug-likeness (QED) is 0.577. The fraction of sp³-hybridized carbons (Fsp3) is 0.261. The van der Waals surface area contributed by atoms with Crippen LogP contribution in [-0.4, -0.2) is 24.3 Å². The smallest absolute Gasteiger partial charge is 0.355 e. The van der Waals surface area contributed by atoms with E-state index in [0.29, 0.717) is 18.8 Å². The summed E-state index contributed by atoms with van der Waals surface area (Å²) in [5, 5.41) is 1.09. The highest BCUT2D eigenvalue weighted by molar-refractivity contribution is 6.03. The molecule has 0 saturated heterocycles. The number of benzene rings is 2. The van der Waals surface area contributed by atoms with Gasteiger partial charge in [-0.15, -0.1) is 0 Å². The molecule has 0 radical (unpaired) electrons. The van der Waals surface area contributed by atoms with Gasteiger partial charge in [-0.3, -0.25) is 0 Å². The number of hydrogen-bond donors (Lipinski definition) is 0. The standard InChI is InChI=1S/C23H23NO3/c1-3-27-23(25)22-20(14-16-11-12-16)19-9-4-5-10-21(19)24(22)15-17-7-6-8-18(13-17)26-2/h4-10,13-14H,3,11-12,15H2,1-2H3. The number of carbonyl (C=O) groups is 1. The van der Waals surface area contributed by atoms with Crippen LogP contribution in [0.5, 0.6) is 5.75 Å². The van der Waals surface area contributed by atoms with E-state index in [9.17, 15) is 4.79 Å². The summed E-state index contributed by atoms with van der Waals surface area (Å²) in [4.78, 5) is 12.9. The molecule has 138 valence electrons. The van der Waals surface area contributed by atoms with Crippen LogP contribution in [0.1, 0.15) is 41.4 Å². The van der Waals surface area contributed by atoms with Gasteiger partial charge in [-0.2, -0.15) is 0 Å². The van der Waals surface area contributed by atoms with Crippen LogP contribution in [-0.2, 0) is 11.3 Å². The number of ether oxygens (including phenoxy) is 2. The third-order valence-electron chi connectivity index (χ3n) is 4.84. The van der Waals surface area contributed by atoms with E-state index in [2.05, 4.69) is 22.8 Å². The van der Waals surface area contributed by atoms with E-state index in [1.807, 2.05) is 43.3 Å². The predicted molar refractivity (Wildman–Crippen MR) is 107 cm³/mol. The summed E-state index contributed by atoms with van der Waals surface area (Å²) < 4.78 is 12.8. The van der Waals surface area contributed by atoms with Gasteiger partial charge in [0, 0.05) is 23.0 Å². The molecule has 2 aromatic carbocycles. The number of esters is 1. The van der Waals surface area contributed by atoms with Crippen LogP contribution in [0.15, 0.2) is 54.1 Å². The highest BCUT2D eigenvalue weighted by Gasteiger charge is 2.24. The maximum Gasteiger partial charge on any atom is 0.355 e. The second kappa shape index (κ2) is 7.31. The van der Waals surface area contributed by atoms with Crippen molar-refractivity contribution in [2.24, 2.45) is 0 Å². The minimum Gasteiger partial charge on any atom is -0.497 e. The van der Waals surface area contributed by atoms with Gasteiger partial charge in [0.1, 0.15) is 11.4 Å². The average molecular weight is 361 g/mol. The summed E-state index contributed by atoms with van der Waals surface area (Å²) in [5.41, 5.74) is 5.09. The Morgan fingerprint density at radius 2 is 1.96 bits per heavy atom. The molecule has 1 aliphatic rings. The van der Waals surface area contributed by atoms with Crippen molar-refractivity contribution in [3.8, 4) is 5.75 Å². The molecule has 0 N–H and O–H groups in total. The number of allylic oxidation sites excluding steroid dienone is 1. The van der Waals surface area contributed by atoms with Crippen LogP contribution in [0.4, 0.5) is 0 Å². The molecule has 0 aliphatic heterocycles. The van der Waals surface area contributed by atoms with Crippen LogP contribution >= 0.6 is 0 Å². The zero-order valence-corrected chi connectivity index (χ0v) is 15.7. The van der Waals surface area contributed by atoms with Gasteiger partial charge in [0.15, 0.2) is 0 Å². The number of hydrogen-bond acceptors (Lipinski definition) is 3. The molecule has 0 atom stereocenters. The van der Waals surface area contributed by atoms with Gasteiger partial charge in [0.2, 0.25) is 0 Å². The Balaban J connectivity index is 1.90. The topological polar surface area (TPSA) is 40.5 Å². The van der Waals surface area contributed by atoms with E-state index < -0.39 is 0 Å². The van der Waals surface area contributed by atoms with E-state index >= 15 is 0 Å². The normalized spacial score (nSPS) is 12.9. The Kier molecular flexibility index (Phi) is 4.71. The summed E-state index contributed by atoms with van der Waals surface area (Å²) in [6.07, 6.45) is 4.38. The minimum atomic E-state index is -0.274. The summed E-state index contributed by atoms with van der Waals surface area (Å²) in [5.74, 6) is 0.533. The van der Waals surface area contributed by atoms with Crippen LogP contribution in [0.3, 0.4) is 0 Å². The van der Waals surface area contributed by atoms with E-state index in [0.717, 1.165) is 40.6 Å². The Labute approximate surface area is 159 Å². The molecule has 1 aliphatic carbocycles. The van der Waals surface area contributed by atoms with Crippen molar-refractivity contribution < 1.29 is 14.3 Å². The third-order valence-corrected chi connectivity index (χ3v) is 4.84. The first-order chi connectivity index (χ1) is 13.2. The molecule has 0 bridgehead atoms. The molecule has 1 fully saturated rings. The van der Waals surface area contributed by atoms with Crippen molar-refractivity contribution in [2.45, 2.75) is 26.3 Å². The average Bonchev–Trinajstić information content (AvgIpc) is 3.46. The molecular weight excluding hydrogens is 338 g/mol. The van der Waals surface area contributed by atoms with Gasteiger partial charge >= 0.3 is 5.97 Å². The minimum absolute atomic E-state index is 0.274. The van der Waals surface area contributed by atoms with Crippen molar-refractivity contribution in [1.82, 2.24) is 4.57 Å².